The first-order chi connectivity index (χ1) is 11.2. The van der Waals surface area contributed by atoms with E-state index in [2.05, 4.69) is 26.3 Å². The van der Waals surface area contributed by atoms with Crippen molar-refractivity contribution in [2.24, 2.45) is 0 Å². The fraction of sp³-hybridized carbons (Fsp3) is 0.375. The summed E-state index contributed by atoms with van der Waals surface area (Å²) < 4.78 is 10.5. The molecule has 1 aliphatic rings. The highest BCUT2D eigenvalue weighted by Crippen LogP contribution is 2.48. The number of halogens is 1. The van der Waals surface area contributed by atoms with Gasteiger partial charge in [0, 0.05) is 11.9 Å². The van der Waals surface area contributed by atoms with Crippen LogP contribution in [0.3, 0.4) is 0 Å². The van der Waals surface area contributed by atoms with Crippen LogP contribution in [0.15, 0.2) is 33.3 Å². The van der Waals surface area contributed by atoms with Crippen LogP contribution in [0.1, 0.15) is 48.3 Å². The second kappa shape index (κ2) is 5.45. The van der Waals surface area contributed by atoms with Crippen molar-refractivity contribution in [2.75, 3.05) is 0 Å². The van der Waals surface area contributed by atoms with Gasteiger partial charge in [0.05, 0.1) is 11.8 Å². The van der Waals surface area contributed by atoms with Crippen molar-refractivity contribution < 1.29 is 9.05 Å². The molecule has 6 nitrogen and oxygen atoms in total. The SMILES string of the molecule is Cc1nc(Cc2noc(C3(c4cccc(Cl)c4)CCC3)n2)no1. The lowest BCUT2D eigenvalue weighted by Gasteiger charge is -2.38. The third-order valence-corrected chi connectivity index (χ3v) is 4.58. The minimum Gasteiger partial charge on any atom is -0.340 e. The predicted molar refractivity (Wildman–Crippen MR) is 82.2 cm³/mol. The standard InChI is InChI=1S/C16H15ClN4O2/c1-10-18-13(20-22-10)9-14-19-15(23-21-14)16(6-3-7-16)11-4-2-5-12(17)8-11/h2,4-5,8H,3,6-7,9H2,1H3. The Morgan fingerprint density at radius 1 is 1.13 bits per heavy atom. The largest absolute Gasteiger partial charge is 0.340 e. The van der Waals surface area contributed by atoms with Crippen LogP contribution in [0.5, 0.6) is 0 Å². The fourth-order valence-electron chi connectivity index (χ4n) is 3.02. The number of nitrogens with zero attached hydrogens (tertiary/aromatic N) is 4. The molecule has 0 saturated heterocycles. The molecule has 0 spiro atoms. The van der Waals surface area contributed by atoms with Crippen LogP contribution in [0.2, 0.25) is 5.02 Å². The van der Waals surface area contributed by atoms with E-state index >= 15 is 0 Å². The van der Waals surface area contributed by atoms with E-state index in [1.807, 2.05) is 18.2 Å². The van der Waals surface area contributed by atoms with Crippen molar-refractivity contribution in [3.05, 3.63) is 58.3 Å². The van der Waals surface area contributed by atoms with Crippen LogP contribution < -0.4 is 0 Å². The van der Waals surface area contributed by atoms with Crippen LogP contribution in [0.4, 0.5) is 0 Å². The Morgan fingerprint density at radius 3 is 2.57 bits per heavy atom. The Balaban J connectivity index is 1.64. The predicted octanol–water partition coefficient (Wildman–Crippen LogP) is 3.48. The Hall–Kier alpha value is -2.21. The molecule has 0 amide bonds. The summed E-state index contributed by atoms with van der Waals surface area (Å²) in [5, 5.41) is 8.66. The fourth-order valence-corrected chi connectivity index (χ4v) is 3.21. The van der Waals surface area contributed by atoms with Gasteiger partial charge in [0.1, 0.15) is 0 Å². The van der Waals surface area contributed by atoms with E-state index in [0.29, 0.717) is 29.9 Å². The minimum atomic E-state index is -0.219. The Morgan fingerprint density at radius 2 is 1.91 bits per heavy atom. The first-order valence-corrected chi connectivity index (χ1v) is 7.92. The molecule has 4 rings (SSSR count). The molecule has 0 N–H and O–H groups in total. The summed E-state index contributed by atoms with van der Waals surface area (Å²) in [5.41, 5.74) is 0.908. The second-order valence-electron chi connectivity index (χ2n) is 5.87. The molecule has 23 heavy (non-hydrogen) atoms. The number of rotatable bonds is 4. The highest BCUT2D eigenvalue weighted by Gasteiger charge is 2.45. The van der Waals surface area contributed by atoms with E-state index in [4.69, 9.17) is 20.6 Å². The molecule has 1 fully saturated rings. The second-order valence-corrected chi connectivity index (χ2v) is 6.30. The molecule has 0 atom stereocenters. The molecule has 1 aromatic carbocycles. The van der Waals surface area contributed by atoms with Gasteiger partial charge < -0.3 is 9.05 Å². The average Bonchev–Trinajstić information content (AvgIpc) is 3.08. The summed E-state index contributed by atoms with van der Waals surface area (Å²) in [7, 11) is 0. The summed E-state index contributed by atoms with van der Waals surface area (Å²) in [6.45, 7) is 1.75. The van der Waals surface area contributed by atoms with Crippen LogP contribution in [-0.2, 0) is 11.8 Å². The zero-order valence-corrected chi connectivity index (χ0v) is 13.4. The van der Waals surface area contributed by atoms with Crippen molar-refractivity contribution >= 4 is 11.6 Å². The van der Waals surface area contributed by atoms with Gasteiger partial charge in [-0.1, -0.05) is 40.5 Å². The summed E-state index contributed by atoms with van der Waals surface area (Å²) in [6.07, 6.45) is 3.49. The van der Waals surface area contributed by atoms with Gasteiger partial charge in [0.15, 0.2) is 11.6 Å². The number of aromatic nitrogens is 4. The third kappa shape index (κ3) is 2.53. The van der Waals surface area contributed by atoms with Gasteiger partial charge in [0.25, 0.3) is 0 Å². The Bertz CT molecular complexity index is 838. The lowest BCUT2D eigenvalue weighted by molar-refractivity contribution is 0.216. The number of hydrogen-bond donors (Lipinski definition) is 0. The highest BCUT2D eigenvalue weighted by atomic mass is 35.5. The minimum absolute atomic E-state index is 0.219. The highest BCUT2D eigenvalue weighted by molar-refractivity contribution is 6.30. The monoisotopic (exact) mass is 330 g/mol. The average molecular weight is 331 g/mol. The van der Waals surface area contributed by atoms with Crippen LogP contribution >= 0.6 is 11.6 Å². The molecule has 2 aromatic heterocycles. The number of benzene rings is 1. The van der Waals surface area contributed by atoms with E-state index in [1.165, 1.54) is 0 Å². The molecule has 0 unspecified atom stereocenters. The van der Waals surface area contributed by atoms with E-state index < -0.39 is 0 Å². The third-order valence-electron chi connectivity index (χ3n) is 4.35. The molecule has 1 aliphatic carbocycles. The van der Waals surface area contributed by atoms with Gasteiger partial charge in [-0.2, -0.15) is 9.97 Å². The smallest absolute Gasteiger partial charge is 0.237 e. The van der Waals surface area contributed by atoms with E-state index in [9.17, 15) is 0 Å². The zero-order valence-electron chi connectivity index (χ0n) is 12.6. The first kappa shape index (κ1) is 14.4. The molecular weight excluding hydrogens is 316 g/mol. The molecule has 3 aromatic rings. The van der Waals surface area contributed by atoms with Gasteiger partial charge >= 0.3 is 0 Å². The summed E-state index contributed by atoms with van der Waals surface area (Å²) >= 11 is 6.14. The van der Waals surface area contributed by atoms with Crippen molar-refractivity contribution in [3.63, 3.8) is 0 Å². The van der Waals surface area contributed by atoms with E-state index in [-0.39, 0.29) is 5.41 Å². The van der Waals surface area contributed by atoms with Crippen molar-refractivity contribution in [2.45, 2.75) is 38.0 Å². The quantitative estimate of drug-likeness (QED) is 0.728. The lowest BCUT2D eigenvalue weighted by atomic mass is 9.64. The molecule has 0 bridgehead atoms. The molecule has 7 heteroatoms. The van der Waals surface area contributed by atoms with Crippen LogP contribution in [0, 0.1) is 6.92 Å². The summed E-state index contributed by atoms with van der Waals surface area (Å²) in [4.78, 5) is 8.74. The maximum absolute atomic E-state index is 6.14. The molecule has 1 saturated carbocycles. The molecule has 2 heterocycles. The summed E-state index contributed by atoms with van der Waals surface area (Å²) in [5.74, 6) is 2.29. The van der Waals surface area contributed by atoms with E-state index in [1.54, 1.807) is 6.92 Å². The molecule has 0 radical (unpaired) electrons. The normalized spacial score (nSPS) is 16.3. The molecule has 0 aliphatic heterocycles. The van der Waals surface area contributed by atoms with Crippen LogP contribution in [0.25, 0.3) is 0 Å². The molecular formula is C16H15ClN4O2. The van der Waals surface area contributed by atoms with Gasteiger partial charge in [-0.05, 0) is 30.5 Å². The topological polar surface area (TPSA) is 77.8 Å². The maximum Gasteiger partial charge on any atom is 0.237 e. The Kier molecular flexibility index (Phi) is 3.41. The van der Waals surface area contributed by atoms with Crippen molar-refractivity contribution in [1.29, 1.82) is 0 Å². The number of hydrogen-bond acceptors (Lipinski definition) is 6. The van der Waals surface area contributed by atoms with Gasteiger partial charge in [-0.25, -0.2) is 0 Å². The molecule has 118 valence electrons. The maximum atomic E-state index is 6.14. The lowest BCUT2D eigenvalue weighted by Crippen LogP contribution is -2.35. The van der Waals surface area contributed by atoms with Crippen molar-refractivity contribution in [1.82, 2.24) is 20.3 Å². The van der Waals surface area contributed by atoms with Gasteiger partial charge in [-0.3, -0.25) is 0 Å². The van der Waals surface area contributed by atoms with Crippen LogP contribution in [-0.4, -0.2) is 20.3 Å². The first-order valence-electron chi connectivity index (χ1n) is 7.54. The van der Waals surface area contributed by atoms with E-state index in [0.717, 1.165) is 29.8 Å². The van der Waals surface area contributed by atoms with Crippen molar-refractivity contribution in [3.8, 4) is 0 Å². The Labute approximate surface area is 137 Å². The van der Waals surface area contributed by atoms with Gasteiger partial charge in [0.2, 0.25) is 11.8 Å². The van der Waals surface area contributed by atoms with Gasteiger partial charge in [-0.15, -0.1) is 0 Å². The summed E-state index contributed by atoms with van der Waals surface area (Å²) in [6, 6.07) is 7.87. The number of aryl methyl sites for hydroxylation is 1. The zero-order chi connectivity index (χ0) is 15.9.